The molecule has 0 aromatic carbocycles. The number of carbonyl (C=O) groups excluding carboxylic acids is 1. The minimum atomic E-state index is -0.00921. The lowest BCUT2D eigenvalue weighted by molar-refractivity contribution is 0.150. The van der Waals surface area contributed by atoms with Crippen LogP contribution in [-0.2, 0) is 0 Å². The van der Waals surface area contributed by atoms with Crippen molar-refractivity contribution in [2.75, 3.05) is 27.2 Å². The minimum Gasteiger partial charge on any atom is -0.325 e. The third-order valence-electron chi connectivity index (χ3n) is 3.35. The number of piperidine rings is 1. The zero-order valence-corrected chi connectivity index (χ0v) is 12.4. The summed E-state index contributed by atoms with van der Waals surface area (Å²) in [5.41, 5.74) is 0.0966. The van der Waals surface area contributed by atoms with E-state index in [0.29, 0.717) is 6.04 Å². The fourth-order valence-corrected chi connectivity index (χ4v) is 2.01. The first-order valence-corrected chi connectivity index (χ1v) is 6.69. The van der Waals surface area contributed by atoms with Crippen LogP contribution in [0.25, 0.3) is 0 Å². The Morgan fingerprint density at radius 1 is 1.33 bits per heavy atom. The van der Waals surface area contributed by atoms with E-state index < -0.39 is 0 Å². The SMILES string of the molecule is CN1CCC(N(C)C(=O)N/C=C/C(C)(C)C)CC1. The Bertz CT molecular complexity index is 299. The molecule has 0 bridgehead atoms. The molecule has 1 heterocycles. The fraction of sp³-hybridized carbons (Fsp3) is 0.786. The van der Waals surface area contributed by atoms with Crippen molar-refractivity contribution in [2.24, 2.45) is 5.41 Å². The topological polar surface area (TPSA) is 35.6 Å². The molecular formula is C14H27N3O. The maximum absolute atomic E-state index is 12.0. The van der Waals surface area contributed by atoms with Gasteiger partial charge in [0.25, 0.3) is 0 Å². The average Bonchev–Trinajstić information content (AvgIpc) is 2.27. The van der Waals surface area contributed by atoms with Gasteiger partial charge in [-0.1, -0.05) is 26.8 Å². The number of carbonyl (C=O) groups is 1. The molecule has 1 saturated heterocycles. The van der Waals surface area contributed by atoms with E-state index in [2.05, 4.69) is 38.0 Å². The highest BCUT2D eigenvalue weighted by Crippen LogP contribution is 2.15. The smallest absolute Gasteiger partial charge is 0.321 e. The molecule has 0 aromatic rings. The molecule has 0 saturated carbocycles. The van der Waals surface area contributed by atoms with Crippen LogP contribution in [0.3, 0.4) is 0 Å². The summed E-state index contributed by atoms with van der Waals surface area (Å²) in [6, 6.07) is 0.356. The molecule has 1 rings (SSSR count). The Balaban J connectivity index is 2.39. The molecule has 1 fully saturated rings. The van der Waals surface area contributed by atoms with Gasteiger partial charge in [-0.3, -0.25) is 0 Å². The molecule has 4 heteroatoms. The molecule has 2 amide bonds. The van der Waals surface area contributed by atoms with E-state index in [9.17, 15) is 4.79 Å². The van der Waals surface area contributed by atoms with E-state index >= 15 is 0 Å². The summed E-state index contributed by atoms with van der Waals surface area (Å²) in [5, 5.41) is 2.84. The molecule has 1 aliphatic heterocycles. The number of rotatable bonds is 2. The lowest BCUT2D eigenvalue weighted by Gasteiger charge is -2.34. The molecule has 18 heavy (non-hydrogen) atoms. The van der Waals surface area contributed by atoms with Crippen molar-refractivity contribution in [3.8, 4) is 0 Å². The maximum atomic E-state index is 12.0. The van der Waals surface area contributed by atoms with E-state index in [1.807, 2.05) is 18.0 Å². The second-order valence-corrected chi connectivity index (χ2v) is 6.29. The lowest BCUT2D eigenvalue weighted by atomic mass is 9.97. The summed E-state index contributed by atoms with van der Waals surface area (Å²) in [7, 11) is 4.01. The molecule has 0 aliphatic carbocycles. The number of allylic oxidation sites excluding steroid dienone is 1. The summed E-state index contributed by atoms with van der Waals surface area (Å²) in [6.07, 6.45) is 5.88. The lowest BCUT2D eigenvalue weighted by Crippen LogP contribution is -2.47. The third kappa shape index (κ3) is 5.08. The molecule has 1 N–H and O–H groups in total. The van der Waals surface area contributed by atoms with E-state index in [1.54, 1.807) is 6.20 Å². The van der Waals surface area contributed by atoms with Crippen LogP contribution in [0.5, 0.6) is 0 Å². The zero-order valence-electron chi connectivity index (χ0n) is 12.4. The number of nitrogens with zero attached hydrogens (tertiary/aromatic N) is 2. The van der Waals surface area contributed by atoms with Crippen LogP contribution in [0.15, 0.2) is 12.3 Å². The van der Waals surface area contributed by atoms with Crippen LogP contribution in [0.2, 0.25) is 0 Å². The summed E-state index contributed by atoms with van der Waals surface area (Å²) < 4.78 is 0. The molecule has 0 atom stereocenters. The maximum Gasteiger partial charge on any atom is 0.321 e. The van der Waals surface area contributed by atoms with Crippen molar-refractivity contribution in [3.05, 3.63) is 12.3 Å². The van der Waals surface area contributed by atoms with Gasteiger partial charge >= 0.3 is 6.03 Å². The Morgan fingerprint density at radius 3 is 2.39 bits per heavy atom. The Labute approximate surface area is 111 Å². The first-order chi connectivity index (χ1) is 8.29. The van der Waals surface area contributed by atoms with E-state index in [1.165, 1.54) is 0 Å². The van der Waals surface area contributed by atoms with Gasteiger partial charge in [-0.15, -0.1) is 0 Å². The second-order valence-electron chi connectivity index (χ2n) is 6.29. The highest BCUT2D eigenvalue weighted by molar-refractivity contribution is 5.75. The molecule has 0 aromatic heterocycles. The molecule has 4 nitrogen and oxygen atoms in total. The van der Waals surface area contributed by atoms with Crippen LogP contribution in [0, 0.1) is 5.41 Å². The van der Waals surface area contributed by atoms with Gasteiger partial charge in [-0.05, 0) is 38.4 Å². The van der Waals surface area contributed by atoms with Gasteiger partial charge in [0.2, 0.25) is 0 Å². The van der Waals surface area contributed by atoms with E-state index in [4.69, 9.17) is 0 Å². The average molecular weight is 253 g/mol. The summed E-state index contributed by atoms with van der Waals surface area (Å²) in [4.78, 5) is 16.1. The van der Waals surface area contributed by atoms with Crippen LogP contribution < -0.4 is 5.32 Å². The van der Waals surface area contributed by atoms with Gasteiger partial charge < -0.3 is 15.1 Å². The Morgan fingerprint density at radius 2 is 1.89 bits per heavy atom. The second kappa shape index (κ2) is 6.23. The van der Waals surface area contributed by atoms with Gasteiger partial charge in [0.05, 0.1) is 0 Å². The van der Waals surface area contributed by atoms with Crippen molar-refractivity contribution in [1.82, 2.24) is 15.1 Å². The van der Waals surface area contributed by atoms with Crippen molar-refractivity contribution in [1.29, 1.82) is 0 Å². The highest BCUT2D eigenvalue weighted by atomic mass is 16.2. The normalized spacial score (nSPS) is 19.2. The van der Waals surface area contributed by atoms with Crippen molar-refractivity contribution in [2.45, 2.75) is 39.7 Å². The highest BCUT2D eigenvalue weighted by Gasteiger charge is 2.23. The standard InChI is InChI=1S/C14H27N3O/c1-14(2,3)8-9-15-13(18)17(5)12-6-10-16(4)11-7-12/h8-9,12H,6-7,10-11H2,1-5H3,(H,15,18)/b9-8+. The van der Waals surface area contributed by atoms with Crippen LogP contribution in [-0.4, -0.2) is 49.1 Å². The van der Waals surface area contributed by atoms with Gasteiger partial charge in [0, 0.05) is 19.3 Å². The number of hydrogen-bond acceptors (Lipinski definition) is 2. The number of amides is 2. The zero-order chi connectivity index (χ0) is 13.8. The molecular weight excluding hydrogens is 226 g/mol. The van der Waals surface area contributed by atoms with Crippen LogP contribution in [0.4, 0.5) is 4.79 Å². The third-order valence-corrected chi connectivity index (χ3v) is 3.35. The van der Waals surface area contributed by atoms with Gasteiger partial charge in [0.1, 0.15) is 0 Å². The number of urea groups is 1. The van der Waals surface area contributed by atoms with Crippen LogP contribution >= 0.6 is 0 Å². The fourth-order valence-electron chi connectivity index (χ4n) is 2.01. The Hall–Kier alpha value is -1.03. The predicted molar refractivity (Wildman–Crippen MR) is 75.4 cm³/mol. The molecule has 1 aliphatic rings. The predicted octanol–water partition coefficient (Wildman–Crippen LogP) is 2.28. The number of likely N-dealkylation sites (tertiary alicyclic amines) is 1. The largest absolute Gasteiger partial charge is 0.325 e. The van der Waals surface area contributed by atoms with Crippen LogP contribution in [0.1, 0.15) is 33.6 Å². The Kier molecular flexibility index (Phi) is 5.20. The summed E-state index contributed by atoms with van der Waals surface area (Å²) in [5.74, 6) is 0. The quantitative estimate of drug-likeness (QED) is 0.819. The number of hydrogen-bond donors (Lipinski definition) is 1. The van der Waals surface area contributed by atoms with Gasteiger partial charge in [0.15, 0.2) is 0 Å². The summed E-state index contributed by atoms with van der Waals surface area (Å²) >= 11 is 0. The molecule has 0 unspecified atom stereocenters. The van der Waals surface area contributed by atoms with E-state index in [-0.39, 0.29) is 11.4 Å². The van der Waals surface area contributed by atoms with Crippen molar-refractivity contribution >= 4 is 6.03 Å². The van der Waals surface area contributed by atoms with Crippen molar-refractivity contribution in [3.63, 3.8) is 0 Å². The monoisotopic (exact) mass is 253 g/mol. The van der Waals surface area contributed by atoms with Crippen molar-refractivity contribution < 1.29 is 4.79 Å². The number of nitrogens with one attached hydrogen (secondary N) is 1. The first kappa shape index (κ1) is 15.0. The molecule has 104 valence electrons. The first-order valence-electron chi connectivity index (χ1n) is 6.69. The van der Waals surface area contributed by atoms with Gasteiger partial charge in [-0.2, -0.15) is 0 Å². The van der Waals surface area contributed by atoms with Gasteiger partial charge in [-0.25, -0.2) is 4.79 Å². The summed E-state index contributed by atoms with van der Waals surface area (Å²) in [6.45, 7) is 8.46. The van der Waals surface area contributed by atoms with E-state index in [0.717, 1.165) is 25.9 Å². The minimum absolute atomic E-state index is 0.00921. The molecule has 0 radical (unpaired) electrons. The molecule has 0 spiro atoms.